The van der Waals surface area contributed by atoms with Crippen molar-refractivity contribution in [2.45, 2.75) is 39.5 Å². The summed E-state index contributed by atoms with van der Waals surface area (Å²) >= 11 is 0. The zero-order valence-electron chi connectivity index (χ0n) is 8.69. The topological polar surface area (TPSA) is 74.6 Å². The van der Waals surface area contributed by atoms with Crippen LogP contribution in [0.2, 0.25) is 0 Å². The van der Waals surface area contributed by atoms with E-state index in [9.17, 15) is 9.59 Å². The van der Waals surface area contributed by atoms with E-state index < -0.39 is 17.9 Å². The fourth-order valence-electron chi connectivity index (χ4n) is 1.67. The van der Waals surface area contributed by atoms with Crippen LogP contribution in [0.15, 0.2) is 0 Å². The van der Waals surface area contributed by atoms with E-state index in [-0.39, 0.29) is 12.3 Å². The second-order valence-electron chi connectivity index (χ2n) is 3.50. The van der Waals surface area contributed by atoms with Gasteiger partial charge in [-0.2, -0.15) is 0 Å². The summed E-state index contributed by atoms with van der Waals surface area (Å²) in [6, 6.07) is 0. The first-order valence-corrected chi connectivity index (χ1v) is 4.97. The highest BCUT2D eigenvalue weighted by atomic mass is 16.4. The summed E-state index contributed by atoms with van der Waals surface area (Å²) in [6.07, 6.45) is 1.88. The van der Waals surface area contributed by atoms with Crippen molar-refractivity contribution in [3.8, 4) is 0 Å². The standard InChI is InChI=1S/C10H18O4/c1-3-5-8(10(13)14)7(4-2)6-9(11)12/h7-8H,3-6H2,1-2H3,(H,11,12)(H,13,14). The van der Waals surface area contributed by atoms with Crippen molar-refractivity contribution in [2.75, 3.05) is 0 Å². The molecule has 0 bridgehead atoms. The van der Waals surface area contributed by atoms with Gasteiger partial charge in [-0.1, -0.05) is 26.7 Å². The van der Waals surface area contributed by atoms with Crippen LogP contribution < -0.4 is 0 Å². The van der Waals surface area contributed by atoms with Crippen LogP contribution in [0.4, 0.5) is 0 Å². The molecule has 0 fully saturated rings. The van der Waals surface area contributed by atoms with Gasteiger partial charge in [-0.25, -0.2) is 0 Å². The number of carboxylic acid groups (broad SMARTS) is 2. The molecular weight excluding hydrogens is 184 g/mol. The first-order valence-electron chi connectivity index (χ1n) is 4.97. The van der Waals surface area contributed by atoms with Gasteiger partial charge in [0.25, 0.3) is 0 Å². The molecule has 0 aliphatic rings. The van der Waals surface area contributed by atoms with Gasteiger partial charge < -0.3 is 10.2 Å². The Hall–Kier alpha value is -1.06. The minimum absolute atomic E-state index is 0.0481. The molecule has 82 valence electrons. The maximum absolute atomic E-state index is 10.9. The Kier molecular flexibility index (Phi) is 5.92. The van der Waals surface area contributed by atoms with Crippen LogP contribution in [0.25, 0.3) is 0 Å². The molecule has 14 heavy (non-hydrogen) atoms. The third kappa shape index (κ3) is 4.25. The molecule has 2 unspecified atom stereocenters. The summed E-state index contributed by atoms with van der Waals surface area (Å²) in [6.45, 7) is 3.74. The van der Waals surface area contributed by atoms with Crippen molar-refractivity contribution in [1.82, 2.24) is 0 Å². The highest BCUT2D eigenvalue weighted by Crippen LogP contribution is 2.24. The minimum Gasteiger partial charge on any atom is -0.481 e. The molecule has 4 nitrogen and oxygen atoms in total. The van der Waals surface area contributed by atoms with Crippen LogP contribution >= 0.6 is 0 Å². The molecule has 2 N–H and O–H groups in total. The predicted molar refractivity (Wildman–Crippen MR) is 52.1 cm³/mol. The van der Waals surface area contributed by atoms with Crippen LogP contribution in [0, 0.1) is 11.8 Å². The van der Waals surface area contributed by atoms with Crippen LogP contribution in [-0.4, -0.2) is 22.2 Å². The van der Waals surface area contributed by atoms with Crippen LogP contribution in [0.5, 0.6) is 0 Å². The number of carbonyl (C=O) groups is 2. The average Bonchev–Trinajstić information content (AvgIpc) is 2.10. The van der Waals surface area contributed by atoms with Crippen molar-refractivity contribution < 1.29 is 19.8 Å². The normalized spacial score (nSPS) is 14.7. The molecule has 0 amide bonds. The third-order valence-corrected chi connectivity index (χ3v) is 2.45. The number of hydrogen-bond acceptors (Lipinski definition) is 2. The summed E-state index contributed by atoms with van der Waals surface area (Å²) in [5.41, 5.74) is 0. The zero-order valence-corrected chi connectivity index (χ0v) is 8.69. The Morgan fingerprint density at radius 1 is 1.21 bits per heavy atom. The molecule has 0 heterocycles. The van der Waals surface area contributed by atoms with E-state index in [0.29, 0.717) is 12.8 Å². The van der Waals surface area contributed by atoms with Crippen molar-refractivity contribution >= 4 is 11.9 Å². The molecule has 0 aliphatic heterocycles. The van der Waals surface area contributed by atoms with Gasteiger partial charge in [-0.05, 0) is 12.3 Å². The highest BCUT2D eigenvalue weighted by Gasteiger charge is 2.27. The lowest BCUT2D eigenvalue weighted by atomic mass is 9.84. The molecule has 0 aliphatic carbocycles. The predicted octanol–water partition coefficient (Wildman–Crippen LogP) is 1.99. The fraction of sp³-hybridized carbons (Fsp3) is 0.800. The number of hydrogen-bond donors (Lipinski definition) is 2. The Labute approximate surface area is 83.9 Å². The van der Waals surface area contributed by atoms with Gasteiger partial charge in [0.15, 0.2) is 0 Å². The van der Waals surface area contributed by atoms with E-state index in [4.69, 9.17) is 10.2 Å². The Morgan fingerprint density at radius 3 is 2.07 bits per heavy atom. The first-order chi connectivity index (χ1) is 6.52. The smallest absolute Gasteiger partial charge is 0.306 e. The SMILES string of the molecule is CCCC(C(=O)O)C(CC)CC(=O)O. The van der Waals surface area contributed by atoms with Gasteiger partial charge in [0, 0.05) is 6.42 Å². The van der Waals surface area contributed by atoms with Crippen molar-refractivity contribution in [3.05, 3.63) is 0 Å². The lowest BCUT2D eigenvalue weighted by molar-refractivity contribution is -0.146. The second kappa shape index (κ2) is 6.40. The lowest BCUT2D eigenvalue weighted by Gasteiger charge is -2.20. The van der Waals surface area contributed by atoms with E-state index in [1.807, 2.05) is 13.8 Å². The molecule has 0 aromatic carbocycles. The molecule has 4 heteroatoms. The number of rotatable bonds is 7. The van der Waals surface area contributed by atoms with Crippen LogP contribution in [0.1, 0.15) is 39.5 Å². The van der Waals surface area contributed by atoms with Crippen molar-refractivity contribution in [3.63, 3.8) is 0 Å². The maximum Gasteiger partial charge on any atom is 0.306 e. The molecular formula is C10H18O4. The largest absolute Gasteiger partial charge is 0.481 e. The molecule has 2 atom stereocenters. The Morgan fingerprint density at radius 2 is 1.79 bits per heavy atom. The molecule has 0 aromatic rings. The third-order valence-electron chi connectivity index (χ3n) is 2.45. The van der Waals surface area contributed by atoms with Gasteiger partial charge in [-0.15, -0.1) is 0 Å². The van der Waals surface area contributed by atoms with E-state index in [1.165, 1.54) is 0 Å². The molecule has 0 spiro atoms. The summed E-state index contributed by atoms with van der Waals surface area (Å²) in [7, 11) is 0. The lowest BCUT2D eigenvalue weighted by Crippen LogP contribution is -2.25. The second-order valence-corrected chi connectivity index (χ2v) is 3.50. The summed E-state index contributed by atoms with van der Waals surface area (Å²) < 4.78 is 0. The van der Waals surface area contributed by atoms with E-state index in [1.54, 1.807) is 0 Å². The first kappa shape index (κ1) is 12.9. The van der Waals surface area contributed by atoms with E-state index >= 15 is 0 Å². The molecule has 0 saturated carbocycles. The van der Waals surface area contributed by atoms with Gasteiger partial charge in [-0.3, -0.25) is 9.59 Å². The maximum atomic E-state index is 10.9. The summed E-state index contributed by atoms with van der Waals surface area (Å²) in [5, 5.41) is 17.5. The quantitative estimate of drug-likeness (QED) is 0.662. The minimum atomic E-state index is -0.917. The van der Waals surface area contributed by atoms with Gasteiger partial charge >= 0.3 is 11.9 Å². The van der Waals surface area contributed by atoms with Crippen molar-refractivity contribution in [1.29, 1.82) is 0 Å². The summed E-state index contributed by atoms with van der Waals surface area (Å²) in [4.78, 5) is 21.4. The van der Waals surface area contributed by atoms with E-state index in [0.717, 1.165) is 6.42 Å². The average molecular weight is 202 g/mol. The van der Waals surface area contributed by atoms with Gasteiger partial charge in [0.1, 0.15) is 0 Å². The zero-order chi connectivity index (χ0) is 11.1. The van der Waals surface area contributed by atoms with Crippen LogP contribution in [0.3, 0.4) is 0 Å². The van der Waals surface area contributed by atoms with Crippen LogP contribution in [-0.2, 0) is 9.59 Å². The van der Waals surface area contributed by atoms with Gasteiger partial charge in [0.05, 0.1) is 5.92 Å². The monoisotopic (exact) mass is 202 g/mol. The number of carboxylic acids is 2. The Bertz CT molecular complexity index is 200. The van der Waals surface area contributed by atoms with Gasteiger partial charge in [0.2, 0.25) is 0 Å². The molecule has 0 rings (SSSR count). The summed E-state index contributed by atoms with van der Waals surface area (Å²) in [5.74, 6) is -2.55. The molecule has 0 aromatic heterocycles. The molecule has 0 radical (unpaired) electrons. The number of aliphatic carboxylic acids is 2. The highest BCUT2D eigenvalue weighted by molar-refractivity contribution is 5.72. The van der Waals surface area contributed by atoms with Crippen molar-refractivity contribution in [2.24, 2.45) is 11.8 Å². The molecule has 0 saturated heterocycles. The fourth-order valence-corrected chi connectivity index (χ4v) is 1.67. The Balaban J connectivity index is 4.40. The van der Waals surface area contributed by atoms with E-state index in [2.05, 4.69) is 0 Å².